The predicted molar refractivity (Wildman–Crippen MR) is 114 cm³/mol. The van der Waals surface area contributed by atoms with Gasteiger partial charge in [0.05, 0.1) is 7.11 Å². The molecule has 0 heterocycles. The lowest BCUT2D eigenvalue weighted by molar-refractivity contribution is 0.415. The first-order valence-electron chi connectivity index (χ1n) is 7.80. The molecule has 0 aromatic heterocycles. The third kappa shape index (κ3) is 2.79. The van der Waals surface area contributed by atoms with Gasteiger partial charge in [-0.15, -0.1) is 16.4 Å². The van der Waals surface area contributed by atoms with Crippen LogP contribution in [0.15, 0.2) is 24.3 Å². The van der Waals surface area contributed by atoms with Crippen molar-refractivity contribution >= 4 is 72.6 Å². The number of allylic oxidation sites excluding steroid dienone is 1. The van der Waals surface area contributed by atoms with Gasteiger partial charge < -0.3 is 4.74 Å². The van der Waals surface area contributed by atoms with Crippen LogP contribution in [0.5, 0.6) is 5.75 Å². The molecule has 2 rings (SSSR count). The minimum atomic E-state index is 0.901. The summed E-state index contributed by atoms with van der Waals surface area (Å²) >= 11 is 0. The number of rotatable bonds is 3. The number of benzene rings is 2. The van der Waals surface area contributed by atoms with Crippen LogP contribution in [-0.4, -0.2) is 46.3 Å². The second kappa shape index (κ2) is 6.60. The molecule has 0 radical (unpaired) electrons. The Labute approximate surface area is 138 Å². The number of hydrogen-bond acceptors (Lipinski definition) is 1. The summed E-state index contributed by atoms with van der Waals surface area (Å²) in [6.45, 7) is 2.05. The Morgan fingerprint density at radius 1 is 0.864 bits per heavy atom. The fraction of sp³-hybridized carbons (Fsp3) is 0.125. The highest BCUT2D eigenvalue weighted by molar-refractivity contribution is 6.68. The molecule has 6 heteroatoms. The van der Waals surface area contributed by atoms with Crippen molar-refractivity contribution in [3.8, 4) is 16.9 Å². The van der Waals surface area contributed by atoms with Crippen molar-refractivity contribution in [3.05, 3.63) is 29.8 Å². The molecule has 0 saturated heterocycles. The first-order valence-corrected chi connectivity index (χ1v) is 7.80. The zero-order valence-corrected chi connectivity index (χ0v) is 14.8. The van der Waals surface area contributed by atoms with E-state index in [4.69, 9.17) is 4.74 Å². The molecule has 0 N–H and O–H groups in total. The third-order valence-electron chi connectivity index (χ3n) is 4.88. The Bertz CT molecular complexity index is 724. The van der Waals surface area contributed by atoms with E-state index in [0.717, 1.165) is 5.75 Å². The summed E-state index contributed by atoms with van der Waals surface area (Å²) in [7, 11) is 12.8. The zero-order valence-electron chi connectivity index (χ0n) is 14.8. The molecular weight excluding hydrogens is 262 g/mol. The van der Waals surface area contributed by atoms with Crippen LogP contribution in [0.1, 0.15) is 12.5 Å². The monoisotopic (exact) mass is 284 g/mol. The minimum absolute atomic E-state index is 0.901. The maximum absolute atomic E-state index is 5.45. The summed E-state index contributed by atoms with van der Waals surface area (Å²) in [6, 6.07) is 6.31. The van der Waals surface area contributed by atoms with E-state index in [1.807, 2.05) is 6.07 Å². The Morgan fingerprint density at radius 3 is 1.91 bits per heavy atom. The summed E-state index contributed by atoms with van der Waals surface area (Å²) in [5.41, 5.74) is 10.7. The largest absolute Gasteiger partial charge is 0.497 e. The fourth-order valence-corrected chi connectivity index (χ4v) is 3.11. The van der Waals surface area contributed by atoms with Crippen molar-refractivity contribution in [1.82, 2.24) is 0 Å². The van der Waals surface area contributed by atoms with Gasteiger partial charge in [-0.25, -0.2) is 0 Å². The number of ether oxygens (including phenoxy) is 1. The van der Waals surface area contributed by atoms with Gasteiger partial charge in [0.2, 0.25) is 0 Å². The maximum atomic E-state index is 5.45. The van der Waals surface area contributed by atoms with E-state index in [9.17, 15) is 0 Å². The van der Waals surface area contributed by atoms with Crippen molar-refractivity contribution in [3.63, 3.8) is 0 Å². The molecule has 0 bridgehead atoms. The predicted octanol–water partition coefficient (Wildman–Crippen LogP) is -4.31. The van der Waals surface area contributed by atoms with Crippen LogP contribution in [0.4, 0.5) is 0 Å². The lowest BCUT2D eigenvalue weighted by atomic mass is 9.59. The normalized spacial score (nSPS) is 11.0. The van der Waals surface area contributed by atoms with Crippen LogP contribution in [0.3, 0.4) is 0 Å². The lowest BCUT2D eigenvalue weighted by Crippen LogP contribution is -2.55. The van der Waals surface area contributed by atoms with Gasteiger partial charge in [-0.1, -0.05) is 29.1 Å². The van der Waals surface area contributed by atoms with Crippen LogP contribution < -0.4 is 32.1 Å². The molecule has 22 heavy (non-hydrogen) atoms. The highest BCUT2D eigenvalue weighted by Crippen LogP contribution is 2.26. The Morgan fingerprint density at radius 2 is 1.41 bits per heavy atom. The van der Waals surface area contributed by atoms with Gasteiger partial charge in [-0.3, -0.25) is 0 Å². The van der Waals surface area contributed by atoms with E-state index in [1.165, 1.54) is 44.0 Å². The standard InChI is InChI=1S/C16H21B5O/c1-3-4-8-5-6-9(22-2)7-10(8)11-12(17)14(19)16(21)15(20)13(11)18/h3-7H,17-21H2,1-2H3/b4-3+. The van der Waals surface area contributed by atoms with Crippen LogP contribution in [0.2, 0.25) is 0 Å². The fourth-order valence-electron chi connectivity index (χ4n) is 3.11. The minimum Gasteiger partial charge on any atom is -0.497 e. The second-order valence-electron chi connectivity index (χ2n) is 5.95. The van der Waals surface area contributed by atoms with Crippen LogP contribution in [0, 0.1) is 0 Å². The molecule has 0 saturated carbocycles. The van der Waals surface area contributed by atoms with Crippen LogP contribution >= 0.6 is 0 Å². The second-order valence-corrected chi connectivity index (χ2v) is 5.95. The van der Waals surface area contributed by atoms with E-state index in [0.29, 0.717) is 0 Å². The topological polar surface area (TPSA) is 9.23 Å². The molecule has 0 unspecified atom stereocenters. The molecule has 106 valence electrons. The number of methoxy groups -OCH3 is 1. The van der Waals surface area contributed by atoms with Gasteiger partial charge in [0.25, 0.3) is 0 Å². The molecule has 0 amide bonds. The molecule has 1 nitrogen and oxygen atoms in total. The van der Waals surface area contributed by atoms with Gasteiger partial charge in [0, 0.05) is 0 Å². The van der Waals surface area contributed by atoms with E-state index in [1.54, 1.807) is 7.11 Å². The van der Waals surface area contributed by atoms with Crippen molar-refractivity contribution in [1.29, 1.82) is 0 Å². The first-order chi connectivity index (χ1) is 10.4. The van der Waals surface area contributed by atoms with Gasteiger partial charge in [0.15, 0.2) is 0 Å². The van der Waals surface area contributed by atoms with Crippen molar-refractivity contribution in [2.45, 2.75) is 6.92 Å². The molecule has 0 aliphatic carbocycles. The zero-order chi connectivity index (χ0) is 16.4. The van der Waals surface area contributed by atoms with Gasteiger partial charge in [-0.2, -0.15) is 0 Å². The van der Waals surface area contributed by atoms with E-state index < -0.39 is 0 Å². The van der Waals surface area contributed by atoms with Gasteiger partial charge in [0.1, 0.15) is 45.0 Å². The maximum Gasteiger partial charge on any atom is 0.139 e. The Kier molecular flexibility index (Phi) is 5.00. The van der Waals surface area contributed by atoms with Crippen LogP contribution in [-0.2, 0) is 0 Å². The highest BCUT2D eigenvalue weighted by Gasteiger charge is 2.15. The first kappa shape index (κ1) is 16.7. The summed E-state index contributed by atoms with van der Waals surface area (Å²) in [6.07, 6.45) is 4.25. The smallest absolute Gasteiger partial charge is 0.139 e. The van der Waals surface area contributed by atoms with Crippen LogP contribution in [0.25, 0.3) is 17.2 Å². The molecule has 0 aliphatic rings. The molecule has 0 atom stereocenters. The van der Waals surface area contributed by atoms with Crippen molar-refractivity contribution in [2.75, 3.05) is 7.11 Å². The third-order valence-corrected chi connectivity index (χ3v) is 4.88. The van der Waals surface area contributed by atoms with Crippen molar-refractivity contribution < 1.29 is 4.74 Å². The molecule has 0 spiro atoms. The van der Waals surface area contributed by atoms with Crippen molar-refractivity contribution in [2.24, 2.45) is 0 Å². The highest BCUT2D eigenvalue weighted by atomic mass is 16.5. The summed E-state index contributed by atoms with van der Waals surface area (Å²) < 4.78 is 5.45. The molecule has 2 aromatic rings. The SMILES string of the molecule is Bc1c(B)c(B)c(-c2cc(OC)ccc2/C=C/C)c(B)c1B. The Hall–Kier alpha value is -1.70. The van der Waals surface area contributed by atoms with Gasteiger partial charge in [-0.05, 0) is 35.7 Å². The van der Waals surface area contributed by atoms with E-state index in [2.05, 4.69) is 70.4 Å². The van der Waals surface area contributed by atoms with Gasteiger partial charge >= 0.3 is 0 Å². The summed E-state index contributed by atoms with van der Waals surface area (Å²) in [5, 5.41) is 0. The molecule has 0 aliphatic heterocycles. The summed E-state index contributed by atoms with van der Waals surface area (Å²) in [4.78, 5) is 0. The average molecular weight is 283 g/mol. The molecule has 2 aromatic carbocycles. The Balaban J connectivity index is 2.87. The summed E-state index contributed by atoms with van der Waals surface area (Å²) in [5.74, 6) is 0.901. The average Bonchev–Trinajstić information content (AvgIpc) is 2.52. The molecule has 0 fully saturated rings. The number of hydrogen-bond donors (Lipinski definition) is 0. The van der Waals surface area contributed by atoms with E-state index in [-0.39, 0.29) is 0 Å². The quantitative estimate of drug-likeness (QED) is 0.518. The lowest BCUT2D eigenvalue weighted by Gasteiger charge is -2.22. The van der Waals surface area contributed by atoms with E-state index >= 15 is 0 Å². The molecular formula is C16H21B5O.